The number of imidazole rings is 1. The molecule has 0 atom stereocenters. The number of nitrogens with zero attached hydrogens (tertiary/aromatic N) is 3. The van der Waals surface area contributed by atoms with Gasteiger partial charge in [-0.25, -0.2) is 9.50 Å². The van der Waals surface area contributed by atoms with E-state index in [2.05, 4.69) is 48.2 Å². The molecule has 2 aromatic heterocycles. The maximum atomic E-state index is 4.61. The average Bonchev–Trinajstić information content (AvgIpc) is 2.86. The molecule has 3 aromatic rings. The molecule has 98 valence electrons. The fraction of sp³-hybridized carbons (Fsp3) is 0.333. The van der Waals surface area contributed by atoms with E-state index in [-0.39, 0.29) is 0 Å². The summed E-state index contributed by atoms with van der Waals surface area (Å²) in [6.45, 7) is 6.48. The number of aryl methyl sites for hydroxylation is 1. The van der Waals surface area contributed by atoms with E-state index in [1.807, 2.05) is 17.6 Å². The molecule has 0 aliphatic carbocycles. The summed E-state index contributed by atoms with van der Waals surface area (Å²) in [5, 5.41) is 5.43. The van der Waals surface area contributed by atoms with Crippen molar-refractivity contribution < 1.29 is 0 Å². The Morgan fingerprint density at radius 2 is 1.95 bits per heavy atom. The minimum absolute atomic E-state index is 0.691. The van der Waals surface area contributed by atoms with Crippen LogP contribution in [0.25, 0.3) is 16.2 Å². The maximum absolute atomic E-state index is 4.61. The molecule has 0 aliphatic heterocycles. The van der Waals surface area contributed by atoms with Gasteiger partial charge in [0.1, 0.15) is 5.01 Å². The van der Waals surface area contributed by atoms with Gasteiger partial charge in [0.15, 0.2) is 0 Å². The van der Waals surface area contributed by atoms with E-state index in [0.29, 0.717) is 5.92 Å². The van der Waals surface area contributed by atoms with Crippen LogP contribution >= 0.6 is 11.3 Å². The van der Waals surface area contributed by atoms with Crippen molar-refractivity contribution in [2.75, 3.05) is 0 Å². The van der Waals surface area contributed by atoms with E-state index in [4.69, 9.17) is 0 Å². The second-order valence-corrected chi connectivity index (χ2v) is 6.43. The lowest BCUT2D eigenvalue weighted by Gasteiger charge is -2.05. The molecule has 0 unspecified atom stereocenters. The third kappa shape index (κ3) is 2.54. The Kier molecular flexibility index (Phi) is 3.11. The Hall–Kier alpha value is -1.68. The first-order chi connectivity index (χ1) is 9.11. The van der Waals surface area contributed by atoms with Gasteiger partial charge >= 0.3 is 0 Å². The third-order valence-electron chi connectivity index (χ3n) is 3.04. The normalized spacial score (nSPS) is 11.6. The Morgan fingerprint density at radius 3 is 2.58 bits per heavy atom. The molecule has 0 radical (unpaired) electrons. The second kappa shape index (κ2) is 4.78. The predicted octanol–water partition coefficient (Wildman–Crippen LogP) is 3.96. The number of fused-ring (bicyclic) bond motifs is 1. The molecule has 0 spiro atoms. The van der Waals surface area contributed by atoms with Crippen LogP contribution in [0, 0.1) is 12.8 Å². The lowest BCUT2D eigenvalue weighted by Crippen LogP contribution is -1.93. The molecule has 0 fully saturated rings. The Balaban J connectivity index is 1.90. The highest BCUT2D eigenvalue weighted by Gasteiger charge is 2.07. The van der Waals surface area contributed by atoms with Crippen LogP contribution in [0.5, 0.6) is 0 Å². The first kappa shape index (κ1) is 12.4. The minimum Gasteiger partial charge on any atom is -0.217 e. The topological polar surface area (TPSA) is 30.2 Å². The zero-order valence-electron chi connectivity index (χ0n) is 11.4. The van der Waals surface area contributed by atoms with Crippen molar-refractivity contribution in [3.8, 4) is 11.3 Å². The molecule has 0 amide bonds. The molecule has 0 N–H and O–H groups in total. The molecule has 2 heterocycles. The molecule has 4 heteroatoms. The quantitative estimate of drug-likeness (QED) is 0.721. The molecular formula is C15H17N3S. The van der Waals surface area contributed by atoms with Gasteiger partial charge in [0.25, 0.3) is 0 Å². The summed E-state index contributed by atoms with van der Waals surface area (Å²) in [6.07, 6.45) is 3.12. The summed E-state index contributed by atoms with van der Waals surface area (Å²) in [5.41, 5.74) is 3.53. The van der Waals surface area contributed by atoms with Crippen molar-refractivity contribution in [3.63, 3.8) is 0 Å². The van der Waals surface area contributed by atoms with Crippen LogP contribution in [0.2, 0.25) is 0 Å². The van der Waals surface area contributed by atoms with Gasteiger partial charge in [-0.15, -0.1) is 0 Å². The lowest BCUT2D eigenvalue weighted by atomic mass is 10.0. The lowest BCUT2D eigenvalue weighted by molar-refractivity contribution is 0.647. The van der Waals surface area contributed by atoms with Gasteiger partial charge in [0.2, 0.25) is 4.96 Å². The summed E-state index contributed by atoms with van der Waals surface area (Å²) >= 11 is 1.62. The molecule has 0 aliphatic rings. The Bertz CT molecular complexity index is 660. The molecule has 0 saturated carbocycles. The van der Waals surface area contributed by atoms with E-state index < -0.39 is 0 Å². The van der Waals surface area contributed by atoms with E-state index in [9.17, 15) is 0 Å². The van der Waals surface area contributed by atoms with E-state index in [1.165, 1.54) is 5.56 Å². The summed E-state index contributed by atoms with van der Waals surface area (Å²) in [5.74, 6) is 0.691. The van der Waals surface area contributed by atoms with Gasteiger partial charge < -0.3 is 0 Å². The molecule has 1 aromatic carbocycles. The number of benzene rings is 1. The van der Waals surface area contributed by atoms with Crippen molar-refractivity contribution in [2.45, 2.75) is 27.2 Å². The van der Waals surface area contributed by atoms with Gasteiger partial charge in [-0.2, -0.15) is 5.10 Å². The van der Waals surface area contributed by atoms with Crippen LogP contribution in [0.15, 0.2) is 30.5 Å². The standard InChI is InChI=1S/C15H17N3S/c1-10(2)8-12-4-6-13(7-5-12)14-9-18-15(16-14)19-11(3)17-18/h4-7,9-10H,8H2,1-3H3. The van der Waals surface area contributed by atoms with Crippen molar-refractivity contribution in [1.29, 1.82) is 0 Å². The van der Waals surface area contributed by atoms with Gasteiger partial charge in [-0.1, -0.05) is 49.4 Å². The summed E-state index contributed by atoms with van der Waals surface area (Å²) in [4.78, 5) is 5.57. The van der Waals surface area contributed by atoms with Crippen LogP contribution in [0.1, 0.15) is 24.4 Å². The van der Waals surface area contributed by atoms with E-state index in [1.54, 1.807) is 11.3 Å². The zero-order chi connectivity index (χ0) is 13.4. The Morgan fingerprint density at radius 1 is 1.21 bits per heavy atom. The maximum Gasteiger partial charge on any atom is 0.212 e. The average molecular weight is 271 g/mol. The fourth-order valence-corrected chi connectivity index (χ4v) is 2.95. The second-order valence-electron chi connectivity index (χ2n) is 5.27. The van der Waals surface area contributed by atoms with Gasteiger partial charge in [-0.3, -0.25) is 0 Å². The number of aromatic nitrogens is 3. The van der Waals surface area contributed by atoms with Crippen LogP contribution < -0.4 is 0 Å². The molecule has 0 bridgehead atoms. The summed E-state index contributed by atoms with van der Waals surface area (Å²) in [7, 11) is 0. The van der Waals surface area contributed by atoms with Crippen LogP contribution in [-0.2, 0) is 6.42 Å². The highest BCUT2D eigenvalue weighted by molar-refractivity contribution is 7.16. The SMILES string of the molecule is Cc1nn2cc(-c3ccc(CC(C)C)cc3)nc2s1. The first-order valence-corrected chi connectivity index (χ1v) is 7.35. The van der Waals surface area contributed by atoms with Crippen molar-refractivity contribution in [2.24, 2.45) is 5.92 Å². The number of hydrogen-bond acceptors (Lipinski definition) is 3. The molecular weight excluding hydrogens is 254 g/mol. The largest absolute Gasteiger partial charge is 0.217 e. The highest BCUT2D eigenvalue weighted by atomic mass is 32.1. The van der Waals surface area contributed by atoms with Crippen molar-refractivity contribution >= 4 is 16.3 Å². The molecule has 0 saturated heterocycles. The van der Waals surface area contributed by atoms with Gasteiger partial charge in [-0.05, 0) is 24.8 Å². The van der Waals surface area contributed by atoms with Crippen molar-refractivity contribution in [3.05, 3.63) is 41.0 Å². The monoisotopic (exact) mass is 271 g/mol. The van der Waals surface area contributed by atoms with Crippen LogP contribution in [0.3, 0.4) is 0 Å². The van der Waals surface area contributed by atoms with Crippen molar-refractivity contribution in [1.82, 2.24) is 14.6 Å². The van der Waals surface area contributed by atoms with Gasteiger partial charge in [0.05, 0.1) is 11.9 Å². The first-order valence-electron chi connectivity index (χ1n) is 6.54. The van der Waals surface area contributed by atoms with Gasteiger partial charge in [0, 0.05) is 5.56 Å². The summed E-state index contributed by atoms with van der Waals surface area (Å²) in [6, 6.07) is 8.69. The number of hydrogen-bond donors (Lipinski definition) is 0. The minimum atomic E-state index is 0.691. The molecule has 19 heavy (non-hydrogen) atoms. The van der Waals surface area contributed by atoms with Crippen LogP contribution in [0.4, 0.5) is 0 Å². The zero-order valence-corrected chi connectivity index (χ0v) is 12.2. The van der Waals surface area contributed by atoms with Crippen LogP contribution in [-0.4, -0.2) is 14.6 Å². The molecule has 3 nitrogen and oxygen atoms in total. The smallest absolute Gasteiger partial charge is 0.212 e. The Labute approximate surface area is 116 Å². The van der Waals surface area contributed by atoms with E-state index >= 15 is 0 Å². The predicted molar refractivity (Wildman–Crippen MR) is 79.6 cm³/mol. The molecule has 3 rings (SSSR count). The fourth-order valence-electron chi connectivity index (χ4n) is 2.22. The number of rotatable bonds is 3. The third-order valence-corrected chi connectivity index (χ3v) is 3.88. The van der Waals surface area contributed by atoms with E-state index in [0.717, 1.165) is 27.6 Å². The summed E-state index contributed by atoms with van der Waals surface area (Å²) < 4.78 is 1.86. The highest BCUT2D eigenvalue weighted by Crippen LogP contribution is 2.22.